The lowest BCUT2D eigenvalue weighted by atomic mass is 9.97. The average Bonchev–Trinajstić information content (AvgIpc) is 2.76. The highest BCUT2D eigenvalue weighted by molar-refractivity contribution is 6.27. The summed E-state index contributed by atoms with van der Waals surface area (Å²) in [6.45, 7) is 2.60. The molecule has 0 aliphatic carbocycles. The van der Waals surface area contributed by atoms with E-state index in [1.165, 1.54) is 11.8 Å². The van der Waals surface area contributed by atoms with Crippen molar-refractivity contribution in [2.75, 3.05) is 13.2 Å². The first-order valence-corrected chi connectivity index (χ1v) is 9.87. The van der Waals surface area contributed by atoms with Gasteiger partial charge in [0.05, 0.1) is 6.61 Å². The van der Waals surface area contributed by atoms with Crippen LogP contribution in [-0.4, -0.2) is 24.9 Å². The largest absolute Gasteiger partial charge is 0.462 e. The molecule has 4 heteroatoms. The van der Waals surface area contributed by atoms with Crippen molar-refractivity contribution in [3.05, 3.63) is 95.7 Å². The van der Waals surface area contributed by atoms with Crippen molar-refractivity contribution in [2.45, 2.75) is 19.8 Å². The maximum atomic E-state index is 13.2. The standard InChI is InChI=1S/C25H25NO3/c1-2-29-25(28)23(18-26-17-9-12-19-10-4-3-5-11-19)24(27)22-16-8-14-20-13-6-7-15-21(20)22/h3-8,10-11,13-16,18,26H,2,9,12,17H2,1H3/b23-18+. The lowest BCUT2D eigenvalue weighted by Crippen LogP contribution is -2.20. The summed E-state index contributed by atoms with van der Waals surface area (Å²) in [7, 11) is 0. The fraction of sp³-hybridized carbons (Fsp3) is 0.200. The number of hydrogen-bond donors (Lipinski definition) is 1. The van der Waals surface area contributed by atoms with Crippen LogP contribution in [0.1, 0.15) is 29.3 Å². The van der Waals surface area contributed by atoms with Gasteiger partial charge in [-0.2, -0.15) is 0 Å². The molecule has 1 N–H and O–H groups in total. The Hall–Kier alpha value is -3.40. The van der Waals surface area contributed by atoms with Crippen LogP contribution < -0.4 is 5.32 Å². The Morgan fingerprint density at radius 3 is 2.45 bits per heavy atom. The van der Waals surface area contributed by atoms with Crippen LogP contribution in [0.5, 0.6) is 0 Å². The van der Waals surface area contributed by atoms with Crippen molar-refractivity contribution in [2.24, 2.45) is 0 Å². The first kappa shape index (κ1) is 20.3. The zero-order valence-corrected chi connectivity index (χ0v) is 16.6. The van der Waals surface area contributed by atoms with E-state index in [2.05, 4.69) is 17.4 Å². The summed E-state index contributed by atoms with van der Waals surface area (Å²) >= 11 is 0. The Morgan fingerprint density at radius 1 is 0.931 bits per heavy atom. The number of rotatable bonds is 9. The van der Waals surface area contributed by atoms with E-state index in [0.717, 1.165) is 23.6 Å². The van der Waals surface area contributed by atoms with Gasteiger partial charge in [-0.3, -0.25) is 4.79 Å². The van der Waals surface area contributed by atoms with Crippen molar-refractivity contribution < 1.29 is 14.3 Å². The third-order valence-electron chi connectivity index (χ3n) is 4.65. The van der Waals surface area contributed by atoms with Gasteiger partial charge in [0.15, 0.2) is 0 Å². The molecule has 0 aliphatic rings. The SMILES string of the molecule is CCOC(=O)/C(=C/NCCCc1ccccc1)C(=O)c1cccc2ccccc12. The summed E-state index contributed by atoms with van der Waals surface area (Å²) in [5.41, 5.74) is 1.77. The van der Waals surface area contributed by atoms with Gasteiger partial charge in [0.25, 0.3) is 0 Å². The highest BCUT2D eigenvalue weighted by Gasteiger charge is 2.22. The molecule has 0 aromatic heterocycles. The van der Waals surface area contributed by atoms with Crippen molar-refractivity contribution in [3.63, 3.8) is 0 Å². The smallest absolute Gasteiger partial charge is 0.343 e. The third-order valence-corrected chi connectivity index (χ3v) is 4.65. The number of ether oxygens (including phenoxy) is 1. The molecule has 0 fully saturated rings. The molecule has 0 bridgehead atoms. The zero-order valence-electron chi connectivity index (χ0n) is 16.6. The molecule has 3 aromatic rings. The molecule has 0 atom stereocenters. The number of carbonyl (C=O) groups excluding carboxylic acids is 2. The minimum Gasteiger partial charge on any atom is -0.462 e. The quantitative estimate of drug-likeness (QED) is 0.144. The molecule has 0 aliphatic heterocycles. The van der Waals surface area contributed by atoms with Crippen molar-refractivity contribution in [1.29, 1.82) is 0 Å². The minimum absolute atomic E-state index is 0.0166. The monoisotopic (exact) mass is 387 g/mol. The van der Waals surface area contributed by atoms with Crippen LogP contribution >= 0.6 is 0 Å². The topological polar surface area (TPSA) is 55.4 Å². The van der Waals surface area contributed by atoms with Gasteiger partial charge in [0.1, 0.15) is 5.57 Å². The van der Waals surface area contributed by atoms with Crippen molar-refractivity contribution >= 4 is 22.5 Å². The van der Waals surface area contributed by atoms with E-state index < -0.39 is 5.97 Å². The number of carbonyl (C=O) groups is 2. The molecule has 3 aromatic carbocycles. The molecule has 148 valence electrons. The predicted octanol–water partition coefficient (Wildman–Crippen LogP) is 4.69. The van der Waals surface area contributed by atoms with Crippen LogP contribution in [0.4, 0.5) is 0 Å². The Kier molecular flexibility index (Phi) is 7.17. The number of hydrogen-bond acceptors (Lipinski definition) is 4. The molecular formula is C25H25NO3. The molecule has 4 nitrogen and oxygen atoms in total. The van der Waals surface area contributed by atoms with Gasteiger partial charge in [-0.25, -0.2) is 4.79 Å². The summed E-state index contributed by atoms with van der Waals surface area (Å²) in [5, 5.41) is 4.88. The molecule has 3 rings (SSSR count). The molecule has 0 saturated heterocycles. The summed E-state index contributed by atoms with van der Waals surface area (Å²) in [6.07, 6.45) is 3.31. The second-order valence-electron chi connectivity index (χ2n) is 6.68. The Bertz CT molecular complexity index is 1000. The number of esters is 1. The van der Waals surface area contributed by atoms with Crippen LogP contribution in [0.2, 0.25) is 0 Å². The highest BCUT2D eigenvalue weighted by atomic mass is 16.5. The number of benzene rings is 3. The highest BCUT2D eigenvalue weighted by Crippen LogP contribution is 2.21. The second kappa shape index (κ2) is 10.2. The average molecular weight is 387 g/mol. The van der Waals surface area contributed by atoms with Gasteiger partial charge in [0, 0.05) is 18.3 Å². The molecule has 0 heterocycles. The maximum Gasteiger partial charge on any atom is 0.343 e. The van der Waals surface area contributed by atoms with E-state index >= 15 is 0 Å². The fourth-order valence-corrected chi connectivity index (χ4v) is 3.21. The fourth-order valence-electron chi connectivity index (χ4n) is 3.21. The number of aryl methyl sites for hydroxylation is 1. The number of Topliss-reactive ketones (excluding diaryl/α,β-unsaturated/α-hetero) is 1. The molecule has 0 radical (unpaired) electrons. The summed E-state index contributed by atoms with van der Waals surface area (Å²) in [6, 6.07) is 23.4. The van der Waals surface area contributed by atoms with Gasteiger partial charge in [-0.05, 0) is 36.1 Å². The normalized spacial score (nSPS) is 11.3. The molecule has 0 unspecified atom stereocenters. The molecule has 0 spiro atoms. The Balaban J connectivity index is 1.74. The zero-order chi connectivity index (χ0) is 20.5. The minimum atomic E-state index is -0.610. The molecule has 29 heavy (non-hydrogen) atoms. The van der Waals surface area contributed by atoms with E-state index in [1.54, 1.807) is 13.0 Å². The number of ketones is 1. The van der Waals surface area contributed by atoms with Gasteiger partial charge >= 0.3 is 5.97 Å². The van der Waals surface area contributed by atoms with Gasteiger partial charge in [-0.1, -0.05) is 72.8 Å². The molecule has 0 amide bonds. The van der Waals surface area contributed by atoms with E-state index in [-0.39, 0.29) is 18.0 Å². The van der Waals surface area contributed by atoms with Gasteiger partial charge < -0.3 is 10.1 Å². The van der Waals surface area contributed by atoms with Crippen LogP contribution in [0, 0.1) is 0 Å². The van der Waals surface area contributed by atoms with E-state index in [1.807, 2.05) is 54.6 Å². The van der Waals surface area contributed by atoms with Crippen LogP contribution in [0.25, 0.3) is 10.8 Å². The molecular weight excluding hydrogens is 362 g/mol. The third kappa shape index (κ3) is 5.32. The number of fused-ring (bicyclic) bond motifs is 1. The van der Waals surface area contributed by atoms with E-state index in [9.17, 15) is 9.59 Å². The van der Waals surface area contributed by atoms with Crippen molar-refractivity contribution in [1.82, 2.24) is 5.32 Å². The first-order valence-electron chi connectivity index (χ1n) is 9.87. The summed E-state index contributed by atoms with van der Waals surface area (Å²) in [5.74, 6) is -0.947. The van der Waals surface area contributed by atoms with E-state index in [0.29, 0.717) is 12.1 Å². The van der Waals surface area contributed by atoms with E-state index in [4.69, 9.17) is 4.74 Å². The lowest BCUT2D eigenvalue weighted by Gasteiger charge is -2.10. The maximum absolute atomic E-state index is 13.2. The molecule has 0 saturated carbocycles. The second-order valence-corrected chi connectivity index (χ2v) is 6.68. The predicted molar refractivity (Wildman–Crippen MR) is 116 cm³/mol. The van der Waals surface area contributed by atoms with Crippen LogP contribution in [-0.2, 0) is 16.0 Å². The Labute approximate surface area is 171 Å². The van der Waals surface area contributed by atoms with Crippen molar-refractivity contribution in [3.8, 4) is 0 Å². The first-order chi connectivity index (χ1) is 14.2. The van der Waals surface area contributed by atoms with Crippen LogP contribution in [0.3, 0.4) is 0 Å². The summed E-state index contributed by atoms with van der Waals surface area (Å²) < 4.78 is 5.12. The van der Waals surface area contributed by atoms with Gasteiger partial charge in [0.2, 0.25) is 5.78 Å². The van der Waals surface area contributed by atoms with Crippen LogP contribution in [0.15, 0.2) is 84.6 Å². The number of nitrogens with one attached hydrogen (secondary N) is 1. The van der Waals surface area contributed by atoms with Gasteiger partial charge in [-0.15, -0.1) is 0 Å². The summed E-state index contributed by atoms with van der Waals surface area (Å²) in [4.78, 5) is 25.6. The Morgan fingerprint density at radius 2 is 1.66 bits per heavy atom. The lowest BCUT2D eigenvalue weighted by molar-refractivity contribution is -0.138.